The van der Waals surface area contributed by atoms with Crippen LogP contribution in [0.5, 0.6) is 0 Å². The Hall–Kier alpha value is -3.66. The first-order chi connectivity index (χ1) is 14.8. The van der Waals surface area contributed by atoms with Crippen molar-refractivity contribution >= 4 is 33.3 Å². The molecular formula is C21H20N4O5S. The van der Waals surface area contributed by atoms with E-state index in [4.69, 9.17) is 5.11 Å². The van der Waals surface area contributed by atoms with E-state index in [0.29, 0.717) is 17.9 Å². The number of hydrogen-bond acceptors (Lipinski definition) is 5. The fourth-order valence-electron chi connectivity index (χ4n) is 3.46. The minimum Gasteiger partial charge on any atom is -0.481 e. The van der Waals surface area contributed by atoms with Crippen molar-refractivity contribution in [2.75, 3.05) is 16.2 Å². The highest BCUT2D eigenvalue weighted by atomic mass is 32.2. The van der Waals surface area contributed by atoms with Gasteiger partial charge in [-0.25, -0.2) is 8.42 Å². The number of aliphatic carboxylic acids is 1. The molecule has 1 saturated heterocycles. The molecule has 1 unspecified atom stereocenters. The molecule has 31 heavy (non-hydrogen) atoms. The molecule has 2 heterocycles. The van der Waals surface area contributed by atoms with Gasteiger partial charge in [-0.15, -0.1) is 0 Å². The maximum atomic E-state index is 12.9. The zero-order chi connectivity index (χ0) is 22.0. The van der Waals surface area contributed by atoms with E-state index in [2.05, 4.69) is 9.82 Å². The van der Waals surface area contributed by atoms with Gasteiger partial charge in [-0.05, 0) is 42.0 Å². The highest BCUT2D eigenvalue weighted by Crippen LogP contribution is 2.27. The first kappa shape index (κ1) is 20.6. The minimum absolute atomic E-state index is 0.0339. The monoisotopic (exact) mass is 440 g/mol. The summed E-state index contributed by atoms with van der Waals surface area (Å²) >= 11 is 0. The first-order valence-corrected chi connectivity index (χ1v) is 11.0. The third-order valence-corrected chi connectivity index (χ3v) is 6.47. The lowest BCUT2D eigenvalue weighted by molar-refractivity contribution is -0.141. The molecule has 10 heteroatoms. The van der Waals surface area contributed by atoms with Crippen LogP contribution in [0.1, 0.15) is 12.0 Å². The number of nitrogens with one attached hydrogen (secondary N) is 1. The summed E-state index contributed by atoms with van der Waals surface area (Å²) < 4.78 is 30.1. The Balaban J connectivity index is 1.53. The van der Waals surface area contributed by atoms with Crippen molar-refractivity contribution < 1.29 is 23.1 Å². The molecule has 0 radical (unpaired) electrons. The number of carbonyl (C=O) groups is 2. The van der Waals surface area contributed by atoms with Gasteiger partial charge in [0, 0.05) is 31.0 Å². The van der Waals surface area contributed by atoms with Gasteiger partial charge in [0.15, 0.2) is 0 Å². The predicted molar refractivity (Wildman–Crippen MR) is 113 cm³/mol. The number of sulfonamides is 1. The van der Waals surface area contributed by atoms with Gasteiger partial charge in [0.25, 0.3) is 10.0 Å². The maximum absolute atomic E-state index is 12.9. The van der Waals surface area contributed by atoms with Gasteiger partial charge >= 0.3 is 5.97 Å². The van der Waals surface area contributed by atoms with Gasteiger partial charge in [-0.3, -0.25) is 19.0 Å². The number of nitrogens with zero attached hydrogens (tertiary/aromatic N) is 3. The van der Waals surface area contributed by atoms with Crippen LogP contribution in [0, 0.1) is 5.92 Å². The van der Waals surface area contributed by atoms with Crippen molar-refractivity contribution in [3.8, 4) is 0 Å². The van der Waals surface area contributed by atoms with Crippen molar-refractivity contribution in [2.45, 2.75) is 17.9 Å². The number of anilines is 2. The summed E-state index contributed by atoms with van der Waals surface area (Å²) in [6.07, 6.45) is 3.38. The molecular weight excluding hydrogens is 420 g/mol. The lowest BCUT2D eigenvalue weighted by Crippen LogP contribution is -2.25. The van der Waals surface area contributed by atoms with Crippen LogP contribution in [0.25, 0.3) is 0 Å². The maximum Gasteiger partial charge on any atom is 0.308 e. The van der Waals surface area contributed by atoms with Crippen molar-refractivity contribution in [3.05, 3.63) is 72.6 Å². The fourth-order valence-corrected chi connectivity index (χ4v) is 4.56. The van der Waals surface area contributed by atoms with Gasteiger partial charge < -0.3 is 10.0 Å². The number of aromatic nitrogens is 2. The predicted octanol–water partition coefficient (Wildman–Crippen LogP) is 2.17. The Labute approximate surface area is 179 Å². The van der Waals surface area contributed by atoms with Crippen LogP contribution in [0.15, 0.2) is 71.9 Å². The zero-order valence-electron chi connectivity index (χ0n) is 16.4. The Morgan fingerprint density at radius 2 is 1.87 bits per heavy atom. The Morgan fingerprint density at radius 1 is 1.13 bits per heavy atom. The largest absolute Gasteiger partial charge is 0.481 e. The molecule has 160 valence electrons. The molecule has 0 spiro atoms. The summed E-state index contributed by atoms with van der Waals surface area (Å²) in [6.45, 7) is 0.478. The van der Waals surface area contributed by atoms with Crippen LogP contribution in [0.3, 0.4) is 0 Å². The molecule has 1 aromatic heterocycles. The third kappa shape index (κ3) is 4.43. The molecule has 4 rings (SSSR count). The summed E-state index contributed by atoms with van der Waals surface area (Å²) in [7, 11) is -3.87. The normalized spacial score (nSPS) is 16.5. The molecule has 0 bridgehead atoms. The van der Waals surface area contributed by atoms with E-state index in [9.17, 15) is 18.0 Å². The third-order valence-electron chi connectivity index (χ3n) is 5.09. The second-order valence-electron chi connectivity index (χ2n) is 7.20. The molecule has 0 saturated carbocycles. The number of para-hydroxylation sites is 1. The summed E-state index contributed by atoms with van der Waals surface area (Å²) in [5.41, 5.74) is 1.67. The molecule has 1 fully saturated rings. The molecule has 2 N–H and O–H groups in total. The molecule has 1 aliphatic heterocycles. The number of carbonyl (C=O) groups excluding carboxylic acids is 1. The van der Waals surface area contributed by atoms with E-state index in [-0.39, 0.29) is 23.8 Å². The van der Waals surface area contributed by atoms with E-state index in [0.717, 1.165) is 5.56 Å². The number of hydrogen-bond donors (Lipinski definition) is 2. The van der Waals surface area contributed by atoms with Crippen molar-refractivity contribution in [2.24, 2.45) is 5.92 Å². The smallest absolute Gasteiger partial charge is 0.308 e. The zero-order valence-corrected chi connectivity index (χ0v) is 17.2. The number of carboxylic acids is 1. The van der Waals surface area contributed by atoms with E-state index in [1.807, 2.05) is 12.1 Å². The lowest BCUT2D eigenvalue weighted by Gasteiger charge is -2.17. The first-order valence-electron chi connectivity index (χ1n) is 9.55. The van der Waals surface area contributed by atoms with Crippen LogP contribution in [-0.2, 0) is 26.2 Å². The summed E-state index contributed by atoms with van der Waals surface area (Å²) in [6, 6.07) is 14.7. The summed E-state index contributed by atoms with van der Waals surface area (Å²) in [5, 5.41) is 13.3. The van der Waals surface area contributed by atoms with Crippen LogP contribution < -0.4 is 9.62 Å². The molecule has 1 atom stereocenters. The molecule has 2 aromatic carbocycles. The number of rotatable bonds is 7. The number of benzene rings is 2. The minimum atomic E-state index is -3.87. The van der Waals surface area contributed by atoms with Crippen molar-refractivity contribution in [1.29, 1.82) is 0 Å². The molecule has 1 aliphatic rings. The molecule has 3 aromatic rings. The van der Waals surface area contributed by atoms with Gasteiger partial charge in [0.2, 0.25) is 5.91 Å². The Kier molecular flexibility index (Phi) is 5.47. The van der Waals surface area contributed by atoms with Crippen LogP contribution in [0.2, 0.25) is 0 Å². The van der Waals surface area contributed by atoms with Gasteiger partial charge in [0.05, 0.1) is 23.0 Å². The van der Waals surface area contributed by atoms with Crippen LogP contribution in [-0.4, -0.2) is 41.7 Å². The van der Waals surface area contributed by atoms with E-state index < -0.39 is 21.9 Å². The quantitative estimate of drug-likeness (QED) is 0.581. The topological polar surface area (TPSA) is 122 Å². The van der Waals surface area contributed by atoms with Gasteiger partial charge in [-0.2, -0.15) is 5.10 Å². The summed E-state index contributed by atoms with van der Waals surface area (Å²) in [4.78, 5) is 24.6. The van der Waals surface area contributed by atoms with Crippen molar-refractivity contribution in [1.82, 2.24) is 9.78 Å². The Morgan fingerprint density at radius 3 is 2.52 bits per heavy atom. The average molecular weight is 440 g/mol. The standard InChI is InChI=1S/C21H20N4O5S/c26-20-12-16(21(27)28)14-25(20)17-6-8-18(9-7-17)31(29,30)23-19-5-2-1-4-15(19)13-24-11-3-10-22-24/h1-11,16,23H,12-14H2,(H,27,28). The lowest BCUT2D eigenvalue weighted by atomic mass is 10.1. The van der Waals surface area contributed by atoms with Gasteiger partial charge in [-0.1, -0.05) is 18.2 Å². The second-order valence-corrected chi connectivity index (χ2v) is 8.89. The van der Waals surface area contributed by atoms with Gasteiger partial charge in [0.1, 0.15) is 0 Å². The van der Waals surface area contributed by atoms with E-state index in [1.165, 1.54) is 29.2 Å². The Bertz CT molecular complexity index is 1210. The molecule has 1 amide bonds. The van der Waals surface area contributed by atoms with Crippen LogP contribution >= 0.6 is 0 Å². The molecule has 9 nitrogen and oxygen atoms in total. The average Bonchev–Trinajstić information content (AvgIpc) is 3.39. The summed E-state index contributed by atoms with van der Waals surface area (Å²) in [5.74, 6) is -2.08. The fraction of sp³-hybridized carbons (Fsp3) is 0.190. The van der Waals surface area contributed by atoms with E-state index >= 15 is 0 Å². The number of amides is 1. The highest BCUT2D eigenvalue weighted by molar-refractivity contribution is 7.92. The molecule has 0 aliphatic carbocycles. The van der Waals surface area contributed by atoms with E-state index in [1.54, 1.807) is 35.3 Å². The van der Waals surface area contributed by atoms with Crippen molar-refractivity contribution in [3.63, 3.8) is 0 Å². The SMILES string of the molecule is O=C(O)C1CC(=O)N(c2ccc(S(=O)(=O)Nc3ccccc3Cn3cccn3)cc2)C1. The van der Waals surface area contributed by atoms with Crippen LogP contribution in [0.4, 0.5) is 11.4 Å². The number of carboxylic acid groups (broad SMARTS) is 1. The second kappa shape index (κ2) is 8.23. The highest BCUT2D eigenvalue weighted by Gasteiger charge is 2.35.